The Morgan fingerprint density at radius 1 is 1.30 bits per heavy atom. The summed E-state index contributed by atoms with van der Waals surface area (Å²) in [5.74, 6) is -0.824. The van der Waals surface area contributed by atoms with Crippen LogP contribution in [-0.4, -0.2) is 43.9 Å². The Kier molecular flexibility index (Phi) is 4.24. The molecule has 2 N–H and O–H groups in total. The smallest absolute Gasteiger partial charge is 0.261 e. The summed E-state index contributed by atoms with van der Waals surface area (Å²) in [6.45, 7) is 3.33. The van der Waals surface area contributed by atoms with Crippen molar-refractivity contribution in [2.75, 3.05) is 13.1 Å². The predicted octanol–water partition coefficient (Wildman–Crippen LogP) is 1.46. The van der Waals surface area contributed by atoms with E-state index >= 15 is 0 Å². The zero-order valence-electron chi connectivity index (χ0n) is 11.2. The van der Waals surface area contributed by atoms with Crippen LogP contribution in [0.25, 0.3) is 0 Å². The molecule has 2 aromatic rings. The molecule has 20 heavy (non-hydrogen) atoms. The van der Waals surface area contributed by atoms with Crippen molar-refractivity contribution >= 4 is 5.91 Å². The number of nitrogens with zero attached hydrogens (tertiary/aromatic N) is 3. The number of benzene rings is 1. The van der Waals surface area contributed by atoms with Gasteiger partial charge in [0.05, 0.1) is 6.54 Å². The number of hydrogen-bond donors (Lipinski definition) is 2. The van der Waals surface area contributed by atoms with Crippen molar-refractivity contribution in [2.45, 2.75) is 13.5 Å². The maximum atomic E-state index is 12.4. The van der Waals surface area contributed by atoms with E-state index < -0.39 is 5.91 Å². The van der Waals surface area contributed by atoms with Crippen molar-refractivity contribution in [3.63, 3.8) is 0 Å². The molecular weight excluding hydrogens is 258 g/mol. The quantitative estimate of drug-likeness (QED) is 0.865. The number of likely N-dealkylation sites (N-methyl/N-ethyl adjacent to an activating group) is 1. The van der Waals surface area contributed by atoms with Crippen molar-refractivity contribution in [3.8, 4) is 11.5 Å². The molecule has 0 bridgehead atoms. The third-order valence-corrected chi connectivity index (χ3v) is 3.06. The molecule has 1 heterocycles. The number of phenolic OH excluding ortho intramolecular Hbond substituents is 2. The molecule has 0 unspecified atom stereocenters. The summed E-state index contributed by atoms with van der Waals surface area (Å²) in [5, 5.41) is 23.5. The average molecular weight is 275 g/mol. The Morgan fingerprint density at radius 2 is 2.00 bits per heavy atom. The van der Waals surface area contributed by atoms with Gasteiger partial charge in [0, 0.05) is 25.5 Å². The first-order chi connectivity index (χ1) is 9.63. The summed E-state index contributed by atoms with van der Waals surface area (Å²) in [6, 6.07) is 6.07. The second kappa shape index (κ2) is 6.10. The predicted molar refractivity (Wildman–Crippen MR) is 73.6 cm³/mol. The number of carbonyl (C=O) groups is 1. The third-order valence-electron chi connectivity index (χ3n) is 3.06. The summed E-state index contributed by atoms with van der Waals surface area (Å²) < 4.78 is 1.72. The minimum atomic E-state index is -0.393. The topological polar surface area (TPSA) is 78.6 Å². The minimum Gasteiger partial charge on any atom is -0.507 e. The lowest BCUT2D eigenvalue weighted by atomic mass is 10.1. The van der Waals surface area contributed by atoms with Crippen LogP contribution in [0, 0.1) is 0 Å². The summed E-state index contributed by atoms with van der Waals surface area (Å²) in [4.78, 5) is 13.9. The number of hydrogen-bond acceptors (Lipinski definition) is 4. The Balaban J connectivity index is 2.12. The van der Waals surface area contributed by atoms with E-state index in [1.165, 1.54) is 18.2 Å². The van der Waals surface area contributed by atoms with E-state index in [2.05, 4.69) is 5.10 Å². The van der Waals surface area contributed by atoms with Gasteiger partial charge >= 0.3 is 0 Å². The monoisotopic (exact) mass is 275 g/mol. The van der Waals surface area contributed by atoms with Gasteiger partial charge in [-0.25, -0.2) is 0 Å². The number of rotatable bonds is 5. The molecule has 106 valence electrons. The highest BCUT2D eigenvalue weighted by atomic mass is 16.3. The van der Waals surface area contributed by atoms with Gasteiger partial charge < -0.3 is 15.1 Å². The second-order valence-electron chi connectivity index (χ2n) is 4.33. The van der Waals surface area contributed by atoms with Gasteiger partial charge in [-0.1, -0.05) is 6.07 Å². The van der Waals surface area contributed by atoms with E-state index in [-0.39, 0.29) is 17.1 Å². The van der Waals surface area contributed by atoms with E-state index in [0.717, 1.165) is 0 Å². The second-order valence-corrected chi connectivity index (χ2v) is 4.33. The van der Waals surface area contributed by atoms with Crippen molar-refractivity contribution in [2.24, 2.45) is 0 Å². The zero-order chi connectivity index (χ0) is 14.5. The lowest BCUT2D eigenvalue weighted by molar-refractivity contribution is 0.0751. The fourth-order valence-electron chi connectivity index (χ4n) is 1.96. The molecule has 0 fully saturated rings. The van der Waals surface area contributed by atoms with E-state index in [1.807, 2.05) is 19.2 Å². The Bertz CT molecular complexity index is 561. The van der Waals surface area contributed by atoms with Crippen LogP contribution in [0.15, 0.2) is 36.7 Å². The SMILES string of the molecule is CCN(CCn1cccn1)C(=O)c1c(O)cccc1O. The molecular formula is C14H17N3O3. The van der Waals surface area contributed by atoms with Gasteiger partial charge in [0.1, 0.15) is 17.1 Å². The van der Waals surface area contributed by atoms with Crippen molar-refractivity contribution in [3.05, 3.63) is 42.2 Å². The molecule has 0 aliphatic heterocycles. The first-order valence-electron chi connectivity index (χ1n) is 6.41. The Labute approximate surface area is 116 Å². The lowest BCUT2D eigenvalue weighted by Gasteiger charge is -2.21. The fraction of sp³-hybridized carbons (Fsp3) is 0.286. The normalized spacial score (nSPS) is 10.4. The lowest BCUT2D eigenvalue weighted by Crippen LogP contribution is -2.34. The van der Waals surface area contributed by atoms with E-state index in [4.69, 9.17) is 0 Å². The first-order valence-corrected chi connectivity index (χ1v) is 6.41. The van der Waals surface area contributed by atoms with Crippen molar-refractivity contribution in [1.82, 2.24) is 14.7 Å². The third kappa shape index (κ3) is 2.90. The van der Waals surface area contributed by atoms with Crippen LogP contribution in [0.2, 0.25) is 0 Å². The molecule has 1 aromatic carbocycles. The molecule has 0 saturated carbocycles. The average Bonchev–Trinajstić information content (AvgIpc) is 2.92. The summed E-state index contributed by atoms with van der Waals surface area (Å²) >= 11 is 0. The van der Waals surface area contributed by atoms with Crippen LogP contribution in [0.4, 0.5) is 0 Å². The molecule has 0 saturated heterocycles. The van der Waals surface area contributed by atoms with Crippen LogP contribution in [0.5, 0.6) is 11.5 Å². The number of phenols is 2. The molecule has 0 atom stereocenters. The molecule has 0 aliphatic rings. The van der Waals surface area contributed by atoms with E-state index in [0.29, 0.717) is 19.6 Å². The molecule has 0 spiro atoms. The Hall–Kier alpha value is -2.50. The standard InChI is InChI=1S/C14H17N3O3/c1-2-16(9-10-17-8-4-7-15-17)14(20)13-11(18)5-3-6-12(13)19/h3-8,18-19H,2,9-10H2,1H3. The van der Waals surface area contributed by atoms with Crippen LogP contribution in [-0.2, 0) is 6.54 Å². The maximum Gasteiger partial charge on any atom is 0.261 e. The summed E-state index contributed by atoms with van der Waals surface area (Å²) in [7, 11) is 0. The molecule has 0 aliphatic carbocycles. The van der Waals surface area contributed by atoms with Gasteiger partial charge in [0.25, 0.3) is 5.91 Å². The highest BCUT2D eigenvalue weighted by molar-refractivity contribution is 5.99. The van der Waals surface area contributed by atoms with Gasteiger partial charge in [0.15, 0.2) is 0 Å². The van der Waals surface area contributed by atoms with Crippen LogP contribution in [0.3, 0.4) is 0 Å². The van der Waals surface area contributed by atoms with Crippen molar-refractivity contribution in [1.29, 1.82) is 0 Å². The van der Waals surface area contributed by atoms with Crippen LogP contribution >= 0.6 is 0 Å². The van der Waals surface area contributed by atoms with E-state index in [1.54, 1.807) is 15.8 Å². The van der Waals surface area contributed by atoms with Crippen molar-refractivity contribution < 1.29 is 15.0 Å². The van der Waals surface area contributed by atoms with Gasteiger partial charge in [-0.2, -0.15) is 5.10 Å². The van der Waals surface area contributed by atoms with Gasteiger partial charge in [-0.3, -0.25) is 9.48 Å². The molecule has 6 heteroatoms. The van der Waals surface area contributed by atoms with Gasteiger partial charge in [-0.15, -0.1) is 0 Å². The first kappa shape index (κ1) is 13.9. The largest absolute Gasteiger partial charge is 0.507 e. The minimum absolute atomic E-state index is 0.0604. The van der Waals surface area contributed by atoms with Crippen LogP contribution in [0.1, 0.15) is 17.3 Å². The summed E-state index contributed by atoms with van der Waals surface area (Å²) in [5.41, 5.74) is -0.0604. The van der Waals surface area contributed by atoms with Gasteiger partial charge in [0.2, 0.25) is 0 Å². The number of carbonyl (C=O) groups excluding carboxylic acids is 1. The van der Waals surface area contributed by atoms with Gasteiger partial charge in [-0.05, 0) is 25.1 Å². The highest BCUT2D eigenvalue weighted by Crippen LogP contribution is 2.27. The summed E-state index contributed by atoms with van der Waals surface area (Å²) in [6.07, 6.45) is 3.49. The number of aromatic hydroxyl groups is 2. The molecule has 6 nitrogen and oxygen atoms in total. The zero-order valence-corrected chi connectivity index (χ0v) is 11.2. The maximum absolute atomic E-state index is 12.4. The molecule has 0 radical (unpaired) electrons. The van der Waals surface area contributed by atoms with E-state index in [9.17, 15) is 15.0 Å². The molecule has 1 amide bonds. The number of aromatic nitrogens is 2. The Morgan fingerprint density at radius 3 is 2.55 bits per heavy atom. The molecule has 1 aromatic heterocycles. The fourth-order valence-corrected chi connectivity index (χ4v) is 1.96. The molecule has 2 rings (SSSR count). The highest BCUT2D eigenvalue weighted by Gasteiger charge is 2.21. The van der Waals surface area contributed by atoms with Crippen LogP contribution < -0.4 is 0 Å². The number of amides is 1.